The van der Waals surface area contributed by atoms with E-state index >= 15 is 0 Å². The molecule has 0 unspecified atom stereocenters. The van der Waals surface area contributed by atoms with Crippen LogP contribution in [0.5, 0.6) is 0 Å². The second-order valence-electron chi connectivity index (χ2n) is 7.33. The van der Waals surface area contributed by atoms with E-state index in [1.54, 1.807) is 0 Å². The van der Waals surface area contributed by atoms with Crippen molar-refractivity contribution in [3.8, 4) is 0 Å². The van der Waals surface area contributed by atoms with Crippen LogP contribution in [-0.4, -0.2) is 49.5 Å². The number of halogens is 1. The summed E-state index contributed by atoms with van der Waals surface area (Å²) in [4.78, 5) is 2.39. The number of hydrogen-bond donors (Lipinski definition) is 0. The van der Waals surface area contributed by atoms with Crippen molar-refractivity contribution < 1.29 is 14.0 Å². The topological polar surface area (TPSA) is 30.9 Å². The Labute approximate surface area is 144 Å². The van der Waals surface area contributed by atoms with Gasteiger partial charge in [0.2, 0.25) is 0 Å². The van der Waals surface area contributed by atoms with Crippen LogP contribution in [-0.2, 0) is 20.6 Å². The van der Waals surface area contributed by atoms with Gasteiger partial charge in [-0.15, -0.1) is 0 Å². The molecule has 2 fully saturated rings. The van der Waals surface area contributed by atoms with Crippen LogP contribution < -0.4 is 5.46 Å². The molecule has 23 heavy (non-hydrogen) atoms. The lowest BCUT2D eigenvalue weighted by Crippen LogP contribution is -2.41. The van der Waals surface area contributed by atoms with Crippen molar-refractivity contribution in [1.29, 1.82) is 0 Å². The van der Waals surface area contributed by atoms with Gasteiger partial charge in [0.05, 0.1) is 24.4 Å². The number of ether oxygens (including phenoxy) is 1. The summed E-state index contributed by atoms with van der Waals surface area (Å²) in [5.74, 6) is 0. The smallest absolute Gasteiger partial charge is 0.399 e. The lowest BCUT2D eigenvalue weighted by Gasteiger charge is -2.32. The zero-order valence-electron chi connectivity index (χ0n) is 14.4. The Hall–Kier alpha value is -0.585. The van der Waals surface area contributed by atoms with E-state index < -0.39 is 7.12 Å². The average Bonchev–Trinajstić information content (AvgIpc) is 2.70. The zero-order chi connectivity index (χ0) is 16.7. The van der Waals surface area contributed by atoms with Gasteiger partial charge in [0.1, 0.15) is 0 Å². The van der Waals surface area contributed by atoms with E-state index in [4.69, 9.17) is 25.6 Å². The summed E-state index contributed by atoms with van der Waals surface area (Å²) in [6, 6.07) is 6.13. The summed E-state index contributed by atoms with van der Waals surface area (Å²) in [6.45, 7) is 12.7. The largest absolute Gasteiger partial charge is 0.496 e. The number of rotatable bonds is 3. The van der Waals surface area contributed by atoms with Crippen LogP contribution in [0, 0.1) is 0 Å². The number of morpholine rings is 1. The molecular weight excluding hydrogens is 312 g/mol. The van der Waals surface area contributed by atoms with E-state index in [0.29, 0.717) is 5.02 Å². The second-order valence-corrected chi connectivity index (χ2v) is 7.74. The van der Waals surface area contributed by atoms with Crippen LogP contribution >= 0.6 is 11.6 Å². The predicted octanol–water partition coefficient (Wildman–Crippen LogP) is 2.47. The molecule has 0 aromatic heterocycles. The quantitative estimate of drug-likeness (QED) is 0.793. The number of benzene rings is 1. The molecule has 0 N–H and O–H groups in total. The first-order valence-electron chi connectivity index (χ1n) is 8.22. The summed E-state index contributed by atoms with van der Waals surface area (Å²) >= 11 is 6.41. The van der Waals surface area contributed by atoms with Crippen LogP contribution in [0.3, 0.4) is 0 Å². The van der Waals surface area contributed by atoms with Crippen molar-refractivity contribution in [2.24, 2.45) is 0 Å². The van der Waals surface area contributed by atoms with Crippen LogP contribution in [0.15, 0.2) is 18.2 Å². The molecule has 0 aliphatic carbocycles. The lowest BCUT2D eigenvalue weighted by atomic mass is 9.78. The molecule has 0 amide bonds. The van der Waals surface area contributed by atoms with Crippen LogP contribution in [0.2, 0.25) is 5.02 Å². The molecule has 0 atom stereocenters. The monoisotopic (exact) mass is 337 g/mol. The number of nitrogens with zero attached hydrogens (tertiary/aromatic N) is 1. The summed E-state index contributed by atoms with van der Waals surface area (Å²) < 4.78 is 17.7. The molecule has 1 aromatic carbocycles. The Kier molecular flexibility index (Phi) is 4.78. The number of hydrogen-bond acceptors (Lipinski definition) is 4. The van der Waals surface area contributed by atoms with Gasteiger partial charge in [0.25, 0.3) is 0 Å². The Morgan fingerprint density at radius 3 is 2.30 bits per heavy atom. The summed E-state index contributed by atoms with van der Waals surface area (Å²) in [7, 11) is -0.419. The van der Waals surface area contributed by atoms with E-state index in [1.165, 1.54) is 5.56 Å². The molecule has 1 aromatic rings. The second kappa shape index (κ2) is 6.38. The SMILES string of the molecule is CC1(C)OB(c2cc(CN3CCOCC3)ccc2Cl)OC1(C)C. The fourth-order valence-electron chi connectivity index (χ4n) is 2.86. The molecule has 2 aliphatic heterocycles. The molecule has 0 spiro atoms. The summed E-state index contributed by atoms with van der Waals surface area (Å²) in [6.07, 6.45) is 0. The Bertz CT molecular complexity index is 557. The Morgan fingerprint density at radius 1 is 1.09 bits per heavy atom. The van der Waals surface area contributed by atoms with Gasteiger partial charge in [-0.3, -0.25) is 4.90 Å². The van der Waals surface area contributed by atoms with Crippen molar-refractivity contribution in [3.05, 3.63) is 28.8 Å². The van der Waals surface area contributed by atoms with Crippen molar-refractivity contribution in [2.45, 2.75) is 45.4 Å². The predicted molar refractivity (Wildman–Crippen MR) is 93.3 cm³/mol. The minimum absolute atomic E-state index is 0.360. The fourth-order valence-corrected chi connectivity index (χ4v) is 3.07. The van der Waals surface area contributed by atoms with Crippen LogP contribution in [0.25, 0.3) is 0 Å². The van der Waals surface area contributed by atoms with Gasteiger partial charge in [-0.1, -0.05) is 23.7 Å². The van der Waals surface area contributed by atoms with Gasteiger partial charge in [0, 0.05) is 30.1 Å². The normalized spacial score (nSPS) is 24.1. The van der Waals surface area contributed by atoms with Gasteiger partial charge in [0.15, 0.2) is 0 Å². The highest BCUT2D eigenvalue weighted by molar-refractivity contribution is 6.65. The highest BCUT2D eigenvalue weighted by Crippen LogP contribution is 2.37. The first-order valence-corrected chi connectivity index (χ1v) is 8.60. The average molecular weight is 338 g/mol. The van der Waals surface area contributed by atoms with Crippen LogP contribution in [0.1, 0.15) is 33.3 Å². The minimum atomic E-state index is -0.419. The molecule has 0 radical (unpaired) electrons. The van der Waals surface area contributed by atoms with E-state index in [0.717, 1.165) is 38.3 Å². The molecule has 126 valence electrons. The third-order valence-electron chi connectivity index (χ3n) is 5.08. The van der Waals surface area contributed by atoms with Crippen molar-refractivity contribution in [3.63, 3.8) is 0 Å². The molecule has 2 saturated heterocycles. The molecule has 6 heteroatoms. The molecule has 0 bridgehead atoms. The van der Waals surface area contributed by atoms with Crippen LogP contribution in [0.4, 0.5) is 0 Å². The molecule has 2 aliphatic rings. The first-order chi connectivity index (χ1) is 10.8. The highest BCUT2D eigenvalue weighted by atomic mass is 35.5. The van der Waals surface area contributed by atoms with Crippen molar-refractivity contribution >= 4 is 24.2 Å². The highest BCUT2D eigenvalue weighted by Gasteiger charge is 2.52. The Balaban J connectivity index is 1.78. The zero-order valence-corrected chi connectivity index (χ0v) is 15.2. The maximum Gasteiger partial charge on any atom is 0.496 e. The first kappa shape index (κ1) is 17.2. The molecule has 3 rings (SSSR count). The minimum Gasteiger partial charge on any atom is -0.399 e. The van der Waals surface area contributed by atoms with Gasteiger partial charge < -0.3 is 14.0 Å². The Morgan fingerprint density at radius 2 is 1.70 bits per heavy atom. The molecular formula is C17H25BClNO3. The van der Waals surface area contributed by atoms with E-state index in [9.17, 15) is 0 Å². The van der Waals surface area contributed by atoms with Gasteiger partial charge in [-0.05, 0) is 39.3 Å². The standard InChI is InChI=1S/C17H25BClNO3/c1-16(2)17(3,4)23-18(22-16)14-11-13(5-6-15(14)19)12-20-7-9-21-10-8-20/h5-6,11H,7-10,12H2,1-4H3. The molecule has 4 nitrogen and oxygen atoms in total. The lowest BCUT2D eigenvalue weighted by molar-refractivity contribution is 0.00578. The maximum absolute atomic E-state index is 6.41. The van der Waals surface area contributed by atoms with E-state index in [1.807, 2.05) is 6.07 Å². The maximum atomic E-state index is 6.41. The fraction of sp³-hybridized carbons (Fsp3) is 0.647. The third kappa shape index (κ3) is 3.59. The summed E-state index contributed by atoms with van der Waals surface area (Å²) in [5.41, 5.74) is 1.42. The van der Waals surface area contributed by atoms with E-state index in [-0.39, 0.29) is 11.2 Å². The van der Waals surface area contributed by atoms with Crippen molar-refractivity contribution in [1.82, 2.24) is 4.90 Å². The molecule has 0 saturated carbocycles. The van der Waals surface area contributed by atoms with Crippen molar-refractivity contribution in [2.75, 3.05) is 26.3 Å². The summed E-state index contributed by atoms with van der Waals surface area (Å²) in [5, 5.41) is 0.689. The third-order valence-corrected chi connectivity index (χ3v) is 5.42. The molecule has 2 heterocycles. The van der Waals surface area contributed by atoms with Gasteiger partial charge in [-0.25, -0.2) is 0 Å². The van der Waals surface area contributed by atoms with Gasteiger partial charge in [-0.2, -0.15) is 0 Å². The van der Waals surface area contributed by atoms with Gasteiger partial charge >= 0.3 is 7.12 Å². The van der Waals surface area contributed by atoms with E-state index in [2.05, 4.69) is 44.7 Å².